The molecule has 0 aliphatic rings. The van der Waals surface area contributed by atoms with Crippen LogP contribution in [0, 0.1) is 0 Å². The smallest absolute Gasteiger partial charge is 0.224 e. The van der Waals surface area contributed by atoms with Crippen LogP contribution in [0.25, 0.3) is 21.6 Å². The molecule has 0 atom stereocenters. The van der Waals surface area contributed by atoms with Gasteiger partial charge >= 0.3 is 0 Å². The third-order valence-electron chi connectivity index (χ3n) is 3.76. The highest BCUT2D eigenvalue weighted by Crippen LogP contribution is 2.27. The Labute approximate surface area is 142 Å². The van der Waals surface area contributed by atoms with Gasteiger partial charge in [-0.1, -0.05) is 66.5 Å². The van der Waals surface area contributed by atoms with E-state index in [0.29, 0.717) is 13.0 Å². The number of hydrogen-bond donors (Lipinski definition) is 1. The third-order valence-corrected chi connectivity index (χ3v) is 3.76. The molecule has 0 saturated heterocycles. The summed E-state index contributed by atoms with van der Waals surface area (Å²) in [5.41, 5.74) is 11.2. The van der Waals surface area contributed by atoms with E-state index in [0.717, 1.165) is 42.5 Å². The lowest BCUT2D eigenvalue weighted by molar-refractivity contribution is -0.116. The van der Waals surface area contributed by atoms with Crippen LogP contribution in [0.15, 0.2) is 59.7 Å². The molecule has 5 nitrogen and oxygen atoms in total. The Morgan fingerprint density at radius 3 is 2.46 bits per heavy atom. The topological polar surface area (TPSA) is 77.9 Å². The van der Waals surface area contributed by atoms with Crippen molar-refractivity contribution < 1.29 is 4.79 Å². The van der Waals surface area contributed by atoms with Gasteiger partial charge in [0.1, 0.15) is 0 Å². The Bertz CT molecular complexity index is 694. The Morgan fingerprint density at radius 2 is 1.67 bits per heavy atom. The van der Waals surface area contributed by atoms with Crippen molar-refractivity contribution in [1.29, 1.82) is 0 Å². The second kappa shape index (κ2) is 10.1. The second-order valence-electron chi connectivity index (χ2n) is 5.58. The van der Waals surface area contributed by atoms with Gasteiger partial charge in [-0.05, 0) is 30.0 Å². The van der Waals surface area contributed by atoms with Gasteiger partial charge in [-0.25, -0.2) is 0 Å². The number of azide groups is 1. The molecule has 0 aliphatic heterocycles. The van der Waals surface area contributed by atoms with Crippen molar-refractivity contribution in [2.45, 2.75) is 32.1 Å². The Kier molecular flexibility index (Phi) is 7.38. The van der Waals surface area contributed by atoms with Crippen LogP contribution in [0.1, 0.15) is 32.1 Å². The molecule has 2 aromatic carbocycles. The van der Waals surface area contributed by atoms with E-state index in [1.54, 1.807) is 0 Å². The van der Waals surface area contributed by atoms with Gasteiger partial charge < -0.3 is 5.32 Å². The molecule has 124 valence electrons. The van der Waals surface area contributed by atoms with E-state index in [4.69, 9.17) is 5.53 Å². The lowest BCUT2D eigenvalue weighted by Gasteiger charge is -2.11. The second-order valence-corrected chi connectivity index (χ2v) is 5.58. The maximum atomic E-state index is 12.2. The van der Waals surface area contributed by atoms with Gasteiger partial charge in [-0.15, -0.1) is 0 Å². The first-order valence-electron chi connectivity index (χ1n) is 8.26. The SMILES string of the molecule is [N-]=[N+]=NCCCCCCC(=O)Nc1ccccc1-c1ccccc1. The summed E-state index contributed by atoms with van der Waals surface area (Å²) in [6.45, 7) is 0.535. The molecule has 0 spiro atoms. The number of rotatable bonds is 9. The highest BCUT2D eigenvalue weighted by Gasteiger charge is 2.07. The molecule has 0 fully saturated rings. The van der Waals surface area contributed by atoms with E-state index in [9.17, 15) is 4.79 Å². The molecule has 0 radical (unpaired) electrons. The maximum absolute atomic E-state index is 12.2. The number of para-hydroxylation sites is 1. The van der Waals surface area contributed by atoms with Crippen LogP contribution in [0.5, 0.6) is 0 Å². The molecular formula is C19H22N4O. The minimum Gasteiger partial charge on any atom is -0.326 e. The van der Waals surface area contributed by atoms with Gasteiger partial charge in [0.25, 0.3) is 0 Å². The lowest BCUT2D eigenvalue weighted by atomic mass is 10.0. The first kappa shape index (κ1) is 17.6. The minimum atomic E-state index is 0.0356. The summed E-state index contributed by atoms with van der Waals surface area (Å²) in [5.74, 6) is 0.0356. The number of nitrogens with zero attached hydrogens (tertiary/aromatic N) is 3. The predicted molar refractivity (Wildman–Crippen MR) is 97.6 cm³/mol. The van der Waals surface area contributed by atoms with Crippen LogP contribution in [-0.2, 0) is 4.79 Å². The van der Waals surface area contributed by atoms with Crippen LogP contribution >= 0.6 is 0 Å². The average Bonchev–Trinajstić information content (AvgIpc) is 2.62. The minimum absolute atomic E-state index is 0.0356. The first-order valence-corrected chi connectivity index (χ1v) is 8.26. The van der Waals surface area contributed by atoms with Crippen LogP contribution in [0.2, 0.25) is 0 Å². The van der Waals surface area contributed by atoms with Crippen molar-refractivity contribution in [3.8, 4) is 11.1 Å². The summed E-state index contributed by atoms with van der Waals surface area (Å²) in [7, 11) is 0. The van der Waals surface area contributed by atoms with Crippen molar-refractivity contribution in [3.05, 3.63) is 65.0 Å². The van der Waals surface area contributed by atoms with Crippen LogP contribution in [0.4, 0.5) is 5.69 Å². The number of carbonyl (C=O) groups is 1. The molecule has 0 aliphatic carbocycles. The summed E-state index contributed by atoms with van der Waals surface area (Å²) in [4.78, 5) is 14.9. The number of hydrogen-bond acceptors (Lipinski definition) is 2. The molecule has 0 saturated carbocycles. The molecule has 5 heteroatoms. The van der Waals surface area contributed by atoms with E-state index < -0.39 is 0 Å². The average molecular weight is 322 g/mol. The molecule has 0 unspecified atom stereocenters. The van der Waals surface area contributed by atoms with Gasteiger partial charge in [0.2, 0.25) is 5.91 Å². The van der Waals surface area contributed by atoms with Crippen molar-refractivity contribution in [2.75, 3.05) is 11.9 Å². The van der Waals surface area contributed by atoms with Gasteiger partial charge in [-0.2, -0.15) is 0 Å². The standard InChI is InChI=1S/C19H22N4O/c20-23-21-15-9-2-1-6-14-19(24)22-18-13-8-7-12-17(18)16-10-4-3-5-11-16/h3-5,7-8,10-13H,1-2,6,9,14-15H2,(H,22,24). The summed E-state index contributed by atoms with van der Waals surface area (Å²) < 4.78 is 0. The largest absolute Gasteiger partial charge is 0.326 e. The number of carbonyl (C=O) groups excluding carboxylic acids is 1. The Hall–Kier alpha value is -2.78. The molecule has 1 N–H and O–H groups in total. The number of anilines is 1. The molecule has 1 amide bonds. The quantitative estimate of drug-likeness (QED) is 0.279. The molecule has 24 heavy (non-hydrogen) atoms. The van der Waals surface area contributed by atoms with E-state index in [2.05, 4.69) is 15.3 Å². The van der Waals surface area contributed by atoms with Crippen molar-refractivity contribution in [1.82, 2.24) is 0 Å². The number of benzene rings is 2. The zero-order chi connectivity index (χ0) is 17.0. The number of nitrogens with one attached hydrogen (secondary N) is 1. The zero-order valence-electron chi connectivity index (χ0n) is 13.7. The van der Waals surface area contributed by atoms with Crippen molar-refractivity contribution >= 4 is 11.6 Å². The van der Waals surface area contributed by atoms with Crippen LogP contribution in [0.3, 0.4) is 0 Å². The highest BCUT2D eigenvalue weighted by atomic mass is 16.1. The summed E-state index contributed by atoms with van der Waals surface area (Å²) in [6, 6.07) is 17.9. The predicted octanol–water partition coefficient (Wildman–Crippen LogP) is 5.55. The normalized spacial score (nSPS) is 10.0. The summed E-state index contributed by atoms with van der Waals surface area (Å²) in [6.07, 6.45) is 4.17. The molecule has 2 aromatic rings. The van der Waals surface area contributed by atoms with Gasteiger partial charge in [0.05, 0.1) is 0 Å². The van der Waals surface area contributed by atoms with Crippen molar-refractivity contribution in [2.24, 2.45) is 5.11 Å². The fraction of sp³-hybridized carbons (Fsp3) is 0.316. The molecule has 0 heterocycles. The van der Waals surface area contributed by atoms with E-state index in [-0.39, 0.29) is 5.91 Å². The van der Waals surface area contributed by atoms with Gasteiger partial charge in [0.15, 0.2) is 0 Å². The highest BCUT2D eigenvalue weighted by molar-refractivity contribution is 5.95. The van der Waals surface area contributed by atoms with Gasteiger partial charge in [0, 0.05) is 29.1 Å². The monoisotopic (exact) mass is 322 g/mol. The fourth-order valence-electron chi connectivity index (χ4n) is 2.54. The van der Waals surface area contributed by atoms with E-state index in [1.807, 2.05) is 54.6 Å². The van der Waals surface area contributed by atoms with Gasteiger partial charge in [-0.3, -0.25) is 4.79 Å². The molecule has 0 bridgehead atoms. The Morgan fingerprint density at radius 1 is 0.958 bits per heavy atom. The maximum Gasteiger partial charge on any atom is 0.224 e. The van der Waals surface area contributed by atoms with Crippen LogP contribution < -0.4 is 5.32 Å². The third kappa shape index (κ3) is 5.78. The van der Waals surface area contributed by atoms with E-state index >= 15 is 0 Å². The molecular weight excluding hydrogens is 300 g/mol. The summed E-state index contributed by atoms with van der Waals surface area (Å²) >= 11 is 0. The zero-order valence-corrected chi connectivity index (χ0v) is 13.7. The molecule has 0 aromatic heterocycles. The lowest BCUT2D eigenvalue weighted by Crippen LogP contribution is -2.11. The fourth-order valence-corrected chi connectivity index (χ4v) is 2.54. The number of amides is 1. The number of unbranched alkanes of at least 4 members (excludes halogenated alkanes) is 3. The van der Waals surface area contributed by atoms with E-state index in [1.165, 1.54) is 0 Å². The summed E-state index contributed by atoms with van der Waals surface area (Å²) in [5, 5.41) is 6.51. The Balaban J connectivity index is 1.83. The van der Waals surface area contributed by atoms with Crippen molar-refractivity contribution in [3.63, 3.8) is 0 Å². The first-order chi connectivity index (χ1) is 11.8. The molecule has 2 rings (SSSR count). The van der Waals surface area contributed by atoms with Crippen LogP contribution in [-0.4, -0.2) is 12.5 Å².